The summed E-state index contributed by atoms with van der Waals surface area (Å²) in [5.74, 6) is 0.496. The molecule has 0 fully saturated rings. The fourth-order valence-corrected chi connectivity index (χ4v) is 1.94. The molecule has 1 amide bonds. The lowest BCUT2D eigenvalue weighted by atomic mass is 10.1. The minimum absolute atomic E-state index is 0.157. The van der Waals surface area contributed by atoms with Crippen LogP contribution in [0.4, 0.5) is 5.69 Å². The highest BCUT2D eigenvalue weighted by Crippen LogP contribution is 2.20. The quantitative estimate of drug-likeness (QED) is 0.797. The molecule has 0 aliphatic heterocycles. The highest BCUT2D eigenvalue weighted by Gasteiger charge is 2.10. The van der Waals surface area contributed by atoms with E-state index in [0.717, 1.165) is 5.56 Å². The van der Waals surface area contributed by atoms with Crippen LogP contribution >= 0.6 is 0 Å². The average Bonchev–Trinajstić information content (AvgIpc) is 2.97. The zero-order valence-corrected chi connectivity index (χ0v) is 11.2. The Labute approximate surface area is 121 Å². The van der Waals surface area contributed by atoms with Gasteiger partial charge in [-0.05, 0) is 12.1 Å². The van der Waals surface area contributed by atoms with Gasteiger partial charge in [0, 0.05) is 17.8 Å². The Balaban J connectivity index is 1.66. The number of amides is 1. The number of nitrogens with one attached hydrogen (secondary N) is 1. The van der Waals surface area contributed by atoms with Gasteiger partial charge in [-0.15, -0.1) is 0 Å². The second-order valence-electron chi connectivity index (χ2n) is 4.52. The van der Waals surface area contributed by atoms with Crippen molar-refractivity contribution in [3.8, 4) is 11.3 Å². The van der Waals surface area contributed by atoms with E-state index < -0.39 is 0 Å². The van der Waals surface area contributed by atoms with Crippen molar-refractivity contribution >= 4 is 11.6 Å². The molecule has 2 heterocycles. The number of carbonyl (C=O) groups excluding carboxylic acids is 1. The minimum atomic E-state index is -0.157. The van der Waals surface area contributed by atoms with Gasteiger partial charge in [0.05, 0.1) is 24.0 Å². The van der Waals surface area contributed by atoms with Crippen LogP contribution in [0.15, 0.2) is 65.4 Å². The van der Waals surface area contributed by atoms with Crippen molar-refractivity contribution in [3.63, 3.8) is 0 Å². The lowest BCUT2D eigenvalue weighted by molar-refractivity contribution is -0.115. The number of rotatable bonds is 4. The summed E-state index contributed by atoms with van der Waals surface area (Å²) in [5.41, 5.74) is 2.19. The maximum Gasteiger partial charge on any atom is 0.230 e. The molecule has 0 bridgehead atoms. The molecule has 3 rings (SSSR count). The molecule has 0 unspecified atom stereocenters. The van der Waals surface area contributed by atoms with Crippen LogP contribution in [0.2, 0.25) is 0 Å². The summed E-state index contributed by atoms with van der Waals surface area (Å²) in [6.45, 7) is 0. The van der Waals surface area contributed by atoms with Crippen LogP contribution in [0.1, 0.15) is 5.69 Å². The van der Waals surface area contributed by atoms with E-state index in [0.29, 0.717) is 17.1 Å². The summed E-state index contributed by atoms with van der Waals surface area (Å²) in [7, 11) is 0. The smallest absolute Gasteiger partial charge is 0.230 e. The fourth-order valence-electron chi connectivity index (χ4n) is 1.94. The second kappa shape index (κ2) is 6.00. The molecular formula is C16H13N3O2. The molecule has 5 heteroatoms. The van der Waals surface area contributed by atoms with Crippen LogP contribution < -0.4 is 5.32 Å². The number of benzene rings is 1. The summed E-state index contributed by atoms with van der Waals surface area (Å²) >= 11 is 0. The Morgan fingerprint density at radius 2 is 2.00 bits per heavy atom. The number of pyridine rings is 1. The van der Waals surface area contributed by atoms with Gasteiger partial charge < -0.3 is 9.84 Å². The van der Waals surface area contributed by atoms with Crippen molar-refractivity contribution in [3.05, 3.63) is 66.6 Å². The molecule has 0 atom stereocenters. The van der Waals surface area contributed by atoms with Gasteiger partial charge in [0.1, 0.15) is 0 Å². The molecule has 1 N–H and O–H groups in total. The van der Waals surface area contributed by atoms with E-state index in [9.17, 15) is 4.79 Å². The Hall–Kier alpha value is -2.95. The van der Waals surface area contributed by atoms with Crippen molar-refractivity contribution in [1.82, 2.24) is 10.1 Å². The zero-order chi connectivity index (χ0) is 14.5. The minimum Gasteiger partial charge on any atom is -0.356 e. The van der Waals surface area contributed by atoms with Crippen molar-refractivity contribution < 1.29 is 9.32 Å². The maximum atomic E-state index is 11.9. The van der Waals surface area contributed by atoms with Crippen LogP contribution in [0, 0.1) is 0 Å². The number of anilines is 1. The summed E-state index contributed by atoms with van der Waals surface area (Å²) in [6, 6.07) is 15.0. The SMILES string of the molecule is O=C(Cc1cc(-c2ccccc2)on1)Nc1cccnc1. The second-order valence-corrected chi connectivity index (χ2v) is 4.52. The molecule has 0 aliphatic carbocycles. The lowest BCUT2D eigenvalue weighted by Gasteiger charge is -2.01. The first-order chi connectivity index (χ1) is 10.3. The Morgan fingerprint density at radius 1 is 1.14 bits per heavy atom. The van der Waals surface area contributed by atoms with Crippen LogP contribution in [0.3, 0.4) is 0 Å². The molecule has 0 saturated heterocycles. The van der Waals surface area contributed by atoms with E-state index in [1.165, 1.54) is 0 Å². The molecule has 1 aromatic carbocycles. The van der Waals surface area contributed by atoms with Crippen molar-refractivity contribution in [2.75, 3.05) is 5.32 Å². The van der Waals surface area contributed by atoms with Gasteiger partial charge in [0.2, 0.25) is 5.91 Å². The average molecular weight is 279 g/mol. The molecule has 2 aromatic heterocycles. The predicted octanol–water partition coefficient (Wildman–Crippen LogP) is 2.92. The highest BCUT2D eigenvalue weighted by molar-refractivity contribution is 5.91. The van der Waals surface area contributed by atoms with Crippen molar-refractivity contribution in [2.24, 2.45) is 0 Å². The standard InChI is InChI=1S/C16H13N3O2/c20-16(18-13-7-4-8-17-11-13)10-14-9-15(21-19-14)12-5-2-1-3-6-12/h1-9,11H,10H2,(H,18,20). The number of hydrogen-bond acceptors (Lipinski definition) is 4. The number of aromatic nitrogens is 2. The van der Waals surface area contributed by atoms with Crippen molar-refractivity contribution in [1.29, 1.82) is 0 Å². The summed E-state index contributed by atoms with van der Waals surface area (Å²) < 4.78 is 5.26. The Bertz CT molecular complexity index is 724. The van der Waals surface area contributed by atoms with E-state index in [1.54, 1.807) is 30.6 Å². The van der Waals surface area contributed by atoms with E-state index >= 15 is 0 Å². The van der Waals surface area contributed by atoms with Crippen LogP contribution in [-0.2, 0) is 11.2 Å². The fraction of sp³-hybridized carbons (Fsp3) is 0.0625. The topological polar surface area (TPSA) is 68.0 Å². The predicted molar refractivity (Wildman–Crippen MR) is 78.5 cm³/mol. The molecule has 3 aromatic rings. The lowest BCUT2D eigenvalue weighted by Crippen LogP contribution is -2.14. The number of carbonyl (C=O) groups is 1. The normalized spacial score (nSPS) is 10.3. The van der Waals surface area contributed by atoms with Gasteiger partial charge in [-0.1, -0.05) is 35.5 Å². The van der Waals surface area contributed by atoms with Gasteiger partial charge >= 0.3 is 0 Å². The Morgan fingerprint density at radius 3 is 2.76 bits per heavy atom. The van der Waals surface area contributed by atoms with Gasteiger partial charge in [-0.2, -0.15) is 0 Å². The first-order valence-corrected chi connectivity index (χ1v) is 6.52. The monoisotopic (exact) mass is 279 g/mol. The van der Waals surface area contributed by atoms with Gasteiger partial charge in [-0.25, -0.2) is 0 Å². The van der Waals surface area contributed by atoms with Crippen LogP contribution in [0.25, 0.3) is 11.3 Å². The van der Waals surface area contributed by atoms with E-state index in [-0.39, 0.29) is 12.3 Å². The van der Waals surface area contributed by atoms with Gasteiger partial charge in [0.25, 0.3) is 0 Å². The first kappa shape index (κ1) is 13.1. The maximum absolute atomic E-state index is 11.9. The highest BCUT2D eigenvalue weighted by atomic mass is 16.5. The summed E-state index contributed by atoms with van der Waals surface area (Å²) in [4.78, 5) is 15.8. The third kappa shape index (κ3) is 3.33. The van der Waals surface area contributed by atoms with Gasteiger partial charge in [-0.3, -0.25) is 9.78 Å². The molecule has 0 aliphatic rings. The molecular weight excluding hydrogens is 266 g/mol. The van der Waals surface area contributed by atoms with Crippen LogP contribution in [0.5, 0.6) is 0 Å². The molecule has 0 saturated carbocycles. The van der Waals surface area contributed by atoms with E-state index in [2.05, 4.69) is 15.5 Å². The summed E-state index contributed by atoms with van der Waals surface area (Å²) in [6.07, 6.45) is 3.40. The summed E-state index contributed by atoms with van der Waals surface area (Å²) in [5, 5.41) is 6.68. The zero-order valence-electron chi connectivity index (χ0n) is 11.2. The molecule has 5 nitrogen and oxygen atoms in total. The first-order valence-electron chi connectivity index (χ1n) is 6.52. The molecule has 0 spiro atoms. The van der Waals surface area contributed by atoms with E-state index in [4.69, 9.17) is 4.52 Å². The Kier molecular flexibility index (Phi) is 3.73. The third-order valence-corrected chi connectivity index (χ3v) is 2.90. The molecule has 21 heavy (non-hydrogen) atoms. The molecule has 0 radical (unpaired) electrons. The van der Waals surface area contributed by atoms with Crippen molar-refractivity contribution in [2.45, 2.75) is 6.42 Å². The van der Waals surface area contributed by atoms with Crippen LogP contribution in [-0.4, -0.2) is 16.0 Å². The number of hydrogen-bond donors (Lipinski definition) is 1. The molecule has 104 valence electrons. The number of nitrogens with zero attached hydrogens (tertiary/aromatic N) is 2. The largest absolute Gasteiger partial charge is 0.356 e. The van der Waals surface area contributed by atoms with E-state index in [1.807, 2.05) is 30.3 Å². The van der Waals surface area contributed by atoms with Gasteiger partial charge in [0.15, 0.2) is 5.76 Å². The third-order valence-electron chi connectivity index (χ3n) is 2.90.